The van der Waals surface area contributed by atoms with Crippen LogP contribution in [0.4, 0.5) is 5.69 Å². The molecule has 0 spiro atoms. The van der Waals surface area contributed by atoms with E-state index in [1.807, 2.05) is 32.0 Å². The van der Waals surface area contributed by atoms with Gasteiger partial charge in [-0.25, -0.2) is 0 Å². The van der Waals surface area contributed by atoms with Crippen molar-refractivity contribution in [3.05, 3.63) is 41.0 Å². The van der Waals surface area contributed by atoms with E-state index >= 15 is 0 Å². The molecule has 0 bridgehead atoms. The molecule has 1 aromatic heterocycles. The normalized spacial score (nSPS) is 10.4. The third-order valence-corrected chi connectivity index (χ3v) is 3.06. The van der Waals surface area contributed by atoms with Gasteiger partial charge in [-0.05, 0) is 37.6 Å². The summed E-state index contributed by atoms with van der Waals surface area (Å²) in [6.45, 7) is 7.04. The van der Waals surface area contributed by atoms with Crippen LogP contribution < -0.4 is 10.6 Å². The number of rotatable bonds is 6. The van der Waals surface area contributed by atoms with Crippen LogP contribution in [-0.4, -0.2) is 29.1 Å². The van der Waals surface area contributed by atoms with E-state index in [2.05, 4.69) is 20.8 Å². The molecule has 0 radical (unpaired) electrons. The standard InChI is InChI=1S/C15H20N4O2/c1-4-16-12-5-6-13(10(2)9-12)15(20)17-8-7-14-18-11(3)21-19-14/h5-6,9,16H,4,7-8H2,1-3H3,(H,17,20). The zero-order valence-corrected chi connectivity index (χ0v) is 12.6. The number of nitrogens with zero attached hydrogens (tertiary/aromatic N) is 2. The van der Waals surface area contributed by atoms with Gasteiger partial charge in [0.15, 0.2) is 5.82 Å². The summed E-state index contributed by atoms with van der Waals surface area (Å²) in [7, 11) is 0. The maximum atomic E-state index is 12.1. The highest BCUT2D eigenvalue weighted by molar-refractivity contribution is 5.96. The molecule has 0 aliphatic carbocycles. The molecule has 0 atom stereocenters. The lowest BCUT2D eigenvalue weighted by molar-refractivity contribution is 0.0953. The Morgan fingerprint density at radius 3 is 2.76 bits per heavy atom. The van der Waals surface area contributed by atoms with Gasteiger partial charge < -0.3 is 15.2 Å². The molecule has 1 amide bonds. The van der Waals surface area contributed by atoms with Crippen molar-refractivity contribution in [2.24, 2.45) is 0 Å². The second-order valence-corrected chi connectivity index (χ2v) is 4.80. The molecule has 0 saturated carbocycles. The molecule has 0 aliphatic heterocycles. The maximum absolute atomic E-state index is 12.1. The first-order valence-corrected chi connectivity index (χ1v) is 7.02. The van der Waals surface area contributed by atoms with Gasteiger partial charge in [-0.2, -0.15) is 4.98 Å². The molecule has 21 heavy (non-hydrogen) atoms. The summed E-state index contributed by atoms with van der Waals surface area (Å²) < 4.78 is 4.88. The average Bonchev–Trinajstić information content (AvgIpc) is 2.85. The van der Waals surface area contributed by atoms with Crippen LogP contribution in [0.2, 0.25) is 0 Å². The quantitative estimate of drug-likeness (QED) is 0.850. The van der Waals surface area contributed by atoms with Crippen molar-refractivity contribution in [2.45, 2.75) is 27.2 Å². The predicted molar refractivity (Wildman–Crippen MR) is 80.4 cm³/mol. The van der Waals surface area contributed by atoms with E-state index in [1.165, 1.54) is 0 Å². The molecule has 6 nitrogen and oxygen atoms in total. The number of nitrogens with one attached hydrogen (secondary N) is 2. The van der Waals surface area contributed by atoms with Crippen LogP contribution in [0, 0.1) is 13.8 Å². The minimum Gasteiger partial charge on any atom is -0.385 e. The van der Waals surface area contributed by atoms with E-state index in [4.69, 9.17) is 4.52 Å². The lowest BCUT2D eigenvalue weighted by Crippen LogP contribution is -2.26. The number of hydrogen-bond donors (Lipinski definition) is 2. The van der Waals surface area contributed by atoms with Gasteiger partial charge in [0.1, 0.15) is 0 Å². The molecule has 1 heterocycles. The highest BCUT2D eigenvalue weighted by Gasteiger charge is 2.10. The van der Waals surface area contributed by atoms with Crippen LogP contribution in [0.5, 0.6) is 0 Å². The fraction of sp³-hybridized carbons (Fsp3) is 0.400. The lowest BCUT2D eigenvalue weighted by atomic mass is 10.1. The molecule has 2 aromatic rings. The topological polar surface area (TPSA) is 80.0 Å². The van der Waals surface area contributed by atoms with Crippen molar-refractivity contribution in [3.8, 4) is 0 Å². The second kappa shape index (κ2) is 6.88. The second-order valence-electron chi connectivity index (χ2n) is 4.80. The third kappa shape index (κ3) is 4.05. The SMILES string of the molecule is CCNc1ccc(C(=O)NCCc2noc(C)n2)c(C)c1. The van der Waals surface area contributed by atoms with Crippen molar-refractivity contribution in [1.29, 1.82) is 0 Å². The van der Waals surface area contributed by atoms with Crippen LogP contribution in [0.15, 0.2) is 22.7 Å². The van der Waals surface area contributed by atoms with Gasteiger partial charge in [-0.15, -0.1) is 0 Å². The van der Waals surface area contributed by atoms with Gasteiger partial charge in [0, 0.05) is 37.7 Å². The van der Waals surface area contributed by atoms with Crippen LogP contribution in [0.3, 0.4) is 0 Å². The van der Waals surface area contributed by atoms with E-state index in [0.717, 1.165) is 17.8 Å². The summed E-state index contributed by atoms with van der Waals surface area (Å²) in [4.78, 5) is 16.2. The van der Waals surface area contributed by atoms with Crippen LogP contribution in [-0.2, 0) is 6.42 Å². The van der Waals surface area contributed by atoms with Gasteiger partial charge in [0.25, 0.3) is 5.91 Å². The summed E-state index contributed by atoms with van der Waals surface area (Å²) in [6.07, 6.45) is 0.553. The fourth-order valence-electron chi connectivity index (χ4n) is 2.06. The summed E-state index contributed by atoms with van der Waals surface area (Å²) >= 11 is 0. The summed E-state index contributed by atoms with van der Waals surface area (Å²) in [6, 6.07) is 5.72. The fourth-order valence-corrected chi connectivity index (χ4v) is 2.06. The van der Waals surface area contributed by atoms with Gasteiger partial charge in [-0.1, -0.05) is 5.16 Å². The molecule has 2 rings (SSSR count). The van der Waals surface area contributed by atoms with Gasteiger partial charge in [0.05, 0.1) is 0 Å². The minimum absolute atomic E-state index is 0.0873. The monoisotopic (exact) mass is 288 g/mol. The Hall–Kier alpha value is -2.37. The van der Waals surface area contributed by atoms with E-state index in [9.17, 15) is 4.79 Å². The molecule has 6 heteroatoms. The molecular formula is C15H20N4O2. The van der Waals surface area contributed by atoms with Crippen LogP contribution in [0.1, 0.15) is 34.6 Å². The Morgan fingerprint density at radius 1 is 1.33 bits per heavy atom. The number of anilines is 1. The van der Waals surface area contributed by atoms with Crippen molar-refractivity contribution < 1.29 is 9.32 Å². The lowest BCUT2D eigenvalue weighted by Gasteiger charge is -2.09. The molecule has 1 aromatic carbocycles. The Balaban J connectivity index is 1.91. The first-order chi connectivity index (χ1) is 10.1. The van der Waals surface area contributed by atoms with Crippen molar-refractivity contribution in [3.63, 3.8) is 0 Å². The molecule has 0 aliphatic rings. The Bertz CT molecular complexity index is 622. The Labute approximate surface area is 123 Å². The van der Waals surface area contributed by atoms with Gasteiger partial charge in [-0.3, -0.25) is 4.79 Å². The number of hydrogen-bond acceptors (Lipinski definition) is 5. The number of aromatic nitrogens is 2. The van der Waals surface area contributed by atoms with Crippen LogP contribution >= 0.6 is 0 Å². The largest absolute Gasteiger partial charge is 0.385 e. The van der Waals surface area contributed by atoms with Crippen molar-refractivity contribution >= 4 is 11.6 Å². The Morgan fingerprint density at radius 2 is 2.14 bits per heavy atom. The van der Waals surface area contributed by atoms with E-state index in [0.29, 0.717) is 30.2 Å². The van der Waals surface area contributed by atoms with Crippen molar-refractivity contribution in [1.82, 2.24) is 15.5 Å². The number of aryl methyl sites for hydroxylation is 2. The molecular weight excluding hydrogens is 268 g/mol. The first-order valence-electron chi connectivity index (χ1n) is 7.02. The number of benzene rings is 1. The molecule has 0 fully saturated rings. The Kier molecular flexibility index (Phi) is 4.92. The van der Waals surface area contributed by atoms with Gasteiger partial charge >= 0.3 is 0 Å². The minimum atomic E-state index is -0.0873. The zero-order chi connectivity index (χ0) is 15.2. The summed E-state index contributed by atoms with van der Waals surface area (Å²) in [5, 5.41) is 9.88. The van der Waals surface area contributed by atoms with E-state index < -0.39 is 0 Å². The van der Waals surface area contributed by atoms with Crippen LogP contribution in [0.25, 0.3) is 0 Å². The van der Waals surface area contributed by atoms with Gasteiger partial charge in [0.2, 0.25) is 5.89 Å². The molecule has 2 N–H and O–H groups in total. The maximum Gasteiger partial charge on any atom is 0.251 e. The molecule has 0 unspecified atom stereocenters. The number of carbonyl (C=O) groups excluding carboxylic acids is 1. The predicted octanol–water partition coefficient (Wildman–Crippen LogP) is 2.09. The zero-order valence-electron chi connectivity index (χ0n) is 12.6. The number of amides is 1. The number of carbonyl (C=O) groups is 1. The molecule has 112 valence electrons. The van der Waals surface area contributed by atoms with E-state index in [1.54, 1.807) is 6.92 Å². The third-order valence-electron chi connectivity index (χ3n) is 3.06. The summed E-state index contributed by atoms with van der Waals surface area (Å²) in [5.74, 6) is 1.05. The molecule has 0 saturated heterocycles. The first kappa shape index (κ1) is 15.0. The highest BCUT2D eigenvalue weighted by Crippen LogP contribution is 2.15. The van der Waals surface area contributed by atoms with E-state index in [-0.39, 0.29) is 5.91 Å². The average molecular weight is 288 g/mol. The summed E-state index contributed by atoms with van der Waals surface area (Å²) in [5.41, 5.74) is 2.65. The smallest absolute Gasteiger partial charge is 0.251 e. The highest BCUT2D eigenvalue weighted by atomic mass is 16.5. The van der Waals surface area contributed by atoms with Crippen molar-refractivity contribution in [2.75, 3.05) is 18.4 Å².